The Labute approximate surface area is 75.7 Å². The van der Waals surface area contributed by atoms with Crippen LogP contribution in [-0.2, 0) is 0 Å². The van der Waals surface area contributed by atoms with Gasteiger partial charge in [-0.15, -0.1) is 0 Å². The van der Waals surface area contributed by atoms with Crippen LogP contribution in [0.4, 0.5) is 0 Å². The quantitative estimate of drug-likeness (QED) is 0.514. The van der Waals surface area contributed by atoms with Crippen molar-refractivity contribution in [3.8, 4) is 0 Å². The van der Waals surface area contributed by atoms with Crippen molar-refractivity contribution in [2.24, 2.45) is 0 Å². The van der Waals surface area contributed by atoms with Crippen molar-refractivity contribution in [3.05, 3.63) is 12.0 Å². The SMILES string of the molecule is CN(C)C(=S)SCC=C(O)O. The van der Waals surface area contributed by atoms with Crippen molar-refractivity contribution < 1.29 is 10.2 Å². The van der Waals surface area contributed by atoms with E-state index in [9.17, 15) is 0 Å². The molecule has 0 saturated carbocycles. The van der Waals surface area contributed by atoms with Gasteiger partial charge in [0.2, 0.25) is 0 Å². The van der Waals surface area contributed by atoms with Crippen molar-refractivity contribution in [2.75, 3.05) is 19.8 Å². The molecule has 0 spiro atoms. The lowest BCUT2D eigenvalue weighted by Gasteiger charge is -2.10. The maximum atomic E-state index is 8.35. The Morgan fingerprint density at radius 1 is 1.55 bits per heavy atom. The molecule has 0 fully saturated rings. The van der Waals surface area contributed by atoms with Crippen molar-refractivity contribution in [1.29, 1.82) is 0 Å². The van der Waals surface area contributed by atoms with E-state index in [1.807, 2.05) is 14.1 Å². The molecule has 0 atom stereocenters. The number of thiocarbonyl (C=S) groups is 1. The first kappa shape index (κ1) is 10.6. The Morgan fingerprint density at radius 2 is 2.09 bits per heavy atom. The topological polar surface area (TPSA) is 43.7 Å². The first-order valence-corrected chi connectivity index (χ1v) is 4.35. The van der Waals surface area contributed by atoms with Crippen LogP contribution in [0, 0.1) is 0 Å². The Kier molecular flexibility index (Phi) is 5.06. The summed E-state index contributed by atoms with van der Waals surface area (Å²) in [6.45, 7) is 0. The average molecular weight is 193 g/mol. The number of thioether (sulfide) groups is 1. The molecular weight excluding hydrogens is 182 g/mol. The minimum Gasteiger partial charge on any atom is -0.481 e. The zero-order valence-corrected chi connectivity index (χ0v) is 8.08. The van der Waals surface area contributed by atoms with E-state index in [4.69, 9.17) is 22.4 Å². The summed E-state index contributed by atoms with van der Waals surface area (Å²) in [5, 5.41) is 16.7. The molecule has 0 aromatic heterocycles. The lowest BCUT2D eigenvalue weighted by molar-refractivity contribution is 0.190. The molecule has 0 aliphatic rings. The molecule has 64 valence electrons. The van der Waals surface area contributed by atoms with Crippen molar-refractivity contribution >= 4 is 28.3 Å². The zero-order chi connectivity index (χ0) is 8.85. The van der Waals surface area contributed by atoms with Gasteiger partial charge in [0, 0.05) is 25.9 Å². The van der Waals surface area contributed by atoms with E-state index in [1.165, 1.54) is 17.8 Å². The van der Waals surface area contributed by atoms with Crippen LogP contribution in [0.5, 0.6) is 0 Å². The number of aliphatic hydroxyl groups is 2. The normalized spacial score (nSPS) is 8.91. The van der Waals surface area contributed by atoms with E-state index in [0.717, 1.165) is 4.32 Å². The van der Waals surface area contributed by atoms with E-state index < -0.39 is 5.95 Å². The van der Waals surface area contributed by atoms with Gasteiger partial charge in [-0.3, -0.25) is 0 Å². The lowest BCUT2D eigenvalue weighted by Crippen LogP contribution is -2.16. The molecule has 0 saturated heterocycles. The summed E-state index contributed by atoms with van der Waals surface area (Å²) in [4.78, 5) is 1.79. The Morgan fingerprint density at radius 3 is 2.45 bits per heavy atom. The fourth-order valence-electron chi connectivity index (χ4n) is 0.317. The van der Waals surface area contributed by atoms with E-state index in [0.29, 0.717) is 5.75 Å². The van der Waals surface area contributed by atoms with Crippen LogP contribution in [0.25, 0.3) is 0 Å². The average Bonchev–Trinajstić information content (AvgIpc) is 1.86. The van der Waals surface area contributed by atoms with Gasteiger partial charge >= 0.3 is 0 Å². The standard InChI is InChI=1S/C6H11NO2S2/c1-7(2)6(10)11-4-3-5(8)9/h3,8-9H,4H2,1-2H3. The highest BCUT2D eigenvalue weighted by Gasteiger charge is 1.97. The summed E-state index contributed by atoms with van der Waals surface area (Å²) in [5.74, 6) is -0.168. The van der Waals surface area contributed by atoms with Gasteiger partial charge in [-0.2, -0.15) is 0 Å². The first-order chi connectivity index (χ1) is 5.04. The summed E-state index contributed by atoms with van der Waals surface area (Å²) >= 11 is 6.30. The van der Waals surface area contributed by atoms with Gasteiger partial charge in [-0.05, 0) is 0 Å². The van der Waals surface area contributed by atoms with E-state index >= 15 is 0 Å². The monoisotopic (exact) mass is 193 g/mol. The fourth-order valence-corrected chi connectivity index (χ4v) is 1.15. The first-order valence-electron chi connectivity index (χ1n) is 2.96. The van der Waals surface area contributed by atoms with Crippen LogP contribution in [-0.4, -0.2) is 39.3 Å². The molecule has 0 aliphatic heterocycles. The van der Waals surface area contributed by atoms with Crippen LogP contribution < -0.4 is 0 Å². The minimum absolute atomic E-state index is 0.485. The number of hydrogen-bond donors (Lipinski definition) is 2. The lowest BCUT2D eigenvalue weighted by atomic mass is 10.7. The van der Waals surface area contributed by atoms with Gasteiger partial charge in [0.1, 0.15) is 4.32 Å². The molecule has 11 heavy (non-hydrogen) atoms. The summed E-state index contributed by atoms with van der Waals surface area (Å²) in [7, 11) is 3.69. The third kappa shape index (κ3) is 6.00. The predicted octanol–water partition coefficient (Wildman–Crippen LogP) is 1.52. The molecule has 5 heteroatoms. The number of rotatable bonds is 2. The van der Waals surface area contributed by atoms with E-state index in [1.54, 1.807) is 4.90 Å². The molecule has 0 amide bonds. The molecule has 3 nitrogen and oxygen atoms in total. The second-order valence-electron chi connectivity index (χ2n) is 2.03. The smallest absolute Gasteiger partial charge is 0.270 e. The van der Waals surface area contributed by atoms with Gasteiger partial charge in [-0.1, -0.05) is 24.0 Å². The number of aliphatic hydroxyl groups excluding tert-OH is 1. The predicted molar refractivity (Wildman–Crippen MR) is 52.1 cm³/mol. The molecule has 0 aromatic rings. The summed E-state index contributed by atoms with van der Waals surface area (Å²) in [6.07, 6.45) is 1.29. The molecule has 0 aliphatic carbocycles. The highest BCUT2D eigenvalue weighted by molar-refractivity contribution is 8.23. The number of hydrogen-bond acceptors (Lipinski definition) is 4. The maximum Gasteiger partial charge on any atom is 0.270 e. The molecule has 0 bridgehead atoms. The number of nitrogens with zero attached hydrogens (tertiary/aromatic N) is 1. The molecule has 0 radical (unpaired) electrons. The Hall–Kier alpha value is -0.420. The third-order valence-electron chi connectivity index (χ3n) is 0.838. The molecule has 0 aromatic carbocycles. The third-order valence-corrected chi connectivity index (χ3v) is 2.50. The molecule has 0 unspecified atom stereocenters. The maximum absolute atomic E-state index is 8.35. The summed E-state index contributed by atoms with van der Waals surface area (Å²) in [6, 6.07) is 0. The highest BCUT2D eigenvalue weighted by Crippen LogP contribution is 2.06. The summed E-state index contributed by atoms with van der Waals surface area (Å²) in [5.41, 5.74) is 0. The largest absolute Gasteiger partial charge is 0.481 e. The second kappa shape index (κ2) is 5.26. The van der Waals surface area contributed by atoms with Crippen LogP contribution in [0.3, 0.4) is 0 Å². The van der Waals surface area contributed by atoms with Crippen LogP contribution in [0.1, 0.15) is 0 Å². The van der Waals surface area contributed by atoms with Crippen LogP contribution in [0.15, 0.2) is 12.0 Å². The van der Waals surface area contributed by atoms with Crippen molar-refractivity contribution in [2.45, 2.75) is 0 Å². The fraction of sp³-hybridized carbons (Fsp3) is 0.500. The van der Waals surface area contributed by atoms with Gasteiger partial charge in [0.25, 0.3) is 5.95 Å². The van der Waals surface area contributed by atoms with Crippen molar-refractivity contribution in [3.63, 3.8) is 0 Å². The van der Waals surface area contributed by atoms with Gasteiger partial charge in [0.05, 0.1) is 0 Å². The molecular formula is C6H11NO2S2. The Bertz CT molecular complexity index is 164. The zero-order valence-electron chi connectivity index (χ0n) is 6.44. The van der Waals surface area contributed by atoms with Gasteiger partial charge in [0.15, 0.2) is 0 Å². The van der Waals surface area contributed by atoms with Crippen LogP contribution in [0.2, 0.25) is 0 Å². The van der Waals surface area contributed by atoms with Crippen molar-refractivity contribution in [1.82, 2.24) is 4.90 Å². The van der Waals surface area contributed by atoms with E-state index in [-0.39, 0.29) is 0 Å². The van der Waals surface area contributed by atoms with Gasteiger partial charge < -0.3 is 15.1 Å². The Balaban J connectivity index is 3.56. The highest BCUT2D eigenvalue weighted by atomic mass is 32.2. The van der Waals surface area contributed by atoms with Gasteiger partial charge in [-0.25, -0.2) is 0 Å². The molecule has 2 N–H and O–H groups in total. The second-order valence-corrected chi connectivity index (χ2v) is 3.69. The minimum atomic E-state index is -0.654. The van der Waals surface area contributed by atoms with E-state index in [2.05, 4.69) is 0 Å². The van der Waals surface area contributed by atoms with Crippen LogP contribution >= 0.6 is 24.0 Å². The molecule has 0 heterocycles. The molecule has 0 rings (SSSR count). The summed E-state index contributed by atoms with van der Waals surface area (Å²) < 4.78 is 0.725.